The van der Waals surface area contributed by atoms with Gasteiger partial charge in [0.05, 0.1) is 4.88 Å². The van der Waals surface area contributed by atoms with E-state index < -0.39 is 0 Å². The van der Waals surface area contributed by atoms with Crippen LogP contribution in [-0.4, -0.2) is 70.3 Å². The highest BCUT2D eigenvalue weighted by atomic mass is 32.1. The zero-order chi connectivity index (χ0) is 20.8. The summed E-state index contributed by atoms with van der Waals surface area (Å²) in [5, 5.41) is 12.6. The van der Waals surface area contributed by atoms with E-state index >= 15 is 0 Å². The summed E-state index contributed by atoms with van der Waals surface area (Å²) in [6.07, 6.45) is 2.24. The van der Waals surface area contributed by atoms with Gasteiger partial charge in [0, 0.05) is 51.6 Å². The summed E-state index contributed by atoms with van der Waals surface area (Å²) < 4.78 is 10.3. The van der Waals surface area contributed by atoms with E-state index in [1.54, 1.807) is 24.3 Å². The molecule has 1 amide bonds. The van der Waals surface area contributed by atoms with E-state index in [0.29, 0.717) is 29.7 Å². The number of nitrogens with one attached hydrogen (secondary N) is 1. The van der Waals surface area contributed by atoms with E-state index in [1.165, 1.54) is 0 Å². The Morgan fingerprint density at radius 1 is 1.17 bits per heavy atom. The molecule has 4 rings (SSSR count). The van der Waals surface area contributed by atoms with Crippen LogP contribution in [0, 0.1) is 6.92 Å². The fourth-order valence-electron chi connectivity index (χ4n) is 3.44. The number of hydrogen-bond acceptors (Lipinski definition) is 9. The van der Waals surface area contributed by atoms with Crippen LogP contribution in [0.25, 0.3) is 10.7 Å². The van der Waals surface area contributed by atoms with Crippen LogP contribution >= 0.6 is 11.3 Å². The maximum absolute atomic E-state index is 12.0. The Kier molecular flexibility index (Phi) is 6.88. The second-order valence-electron chi connectivity index (χ2n) is 7.40. The molecule has 1 aliphatic rings. The van der Waals surface area contributed by atoms with Gasteiger partial charge in [0.15, 0.2) is 5.82 Å². The number of anilines is 1. The molecule has 1 N–H and O–H groups in total. The lowest BCUT2D eigenvalue weighted by Crippen LogP contribution is -2.47. The minimum absolute atomic E-state index is 0.0350. The van der Waals surface area contributed by atoms with Crippen molar-refractivity contribution >= 4 is 23.1 Å². The molecule has 0 unspecified atom stereocenters. The smallest absolute Gasteiger partial charge is 0.227 e. The fourth-order valence-corrected chi connectivity index (χ4v) is 4.09. The Labute approximate surface area is 179 Å². The molecule has 0 bridgehead atoms. The first-order chi connectivity index (χ1) is 14.7. The van der Waals surface area contributed by atoms with Crippen LogP contribution in [0.3, 0.4) is 0 Å². The molecule has 1 aliphatic heterocycles. The van der Waals surface area contributed by atoms with E-state index in [4.69, 9.17) is 9.05 Å². The molecule has 30 heavy (non-hydrogen) atoms. The van der Waals surface area contributed by atoms with Gasteiger partial charge in [-0.25, -0.2) is 0 Å². The number of aromatic nitrogens is 3. The summed E-state index contributed by atoms with van der Waals surface area (Å²) >= 11 is 1.61. The molecule has 3 aromatic rings. The third-order valence-corrected chi connectivity index (χ3v) is 5.96. The lowest BCUT2D eigenvalue weighted by molar-refractivity contribution is -0.116. The van der Waals surface area contributed by atoms with Crippen molar-refractivity contribution in [2.45, 2.75) is 26.2 Å². The van der Waals surface area contributed by atoms with E-state index in [0.717, 1.165) is 57.0 Å². The molecule has 9 nitrogen and oxygen atoms in total. The van der Waals surface area contributed by atoms with Crippen molar-refractivity contribution in [2.75, 3.05) is 44.6 Å². The summed E-state index contributed by atoms with van der Waals surface area (Å²) in [7, 11) is 0. The molecule has 4 heterocycles. The van der Waals surface area contributed by atoms with Crippen LogP contribution < -0.4 is 5.32 Å². The fraction of sp³-hybridized carbons (Fsp3) is 0.500. The minimum Gasteiger partial charge on any atom is -0.360 e. The standard InChI is InChI=1S/C20H26N6O3S/c1-15-14-17(23-28-15)21-18(27)6-8-26-11-9-25(10-12-26)7-2-5-19-22-20(24-29-19)16-4-3-13-30-16/h3-4,13-14H,2,5-12H2,1H3,(H,21,23,27). The van der Waals surface area contributed by atoms with Gasteiger partial charge in [-0.15, -0.1) is 11.3 Å². The molecule has 3 aromatic heterocycles. The van der Waals surface area contributed by atoms with Crippen molar-refractivity contribution in [1.29, 1.82) is 0 Å². The lowest BCUT2D eigenvalue weighted by Gasteiger charge is -2.34. The maximum atomic E-state index is 12.0. The summed E-state index contributed by atoms with van der Waals surface area (Å²) in [4.78, 5) is 22.3. The maximum Gasteiger partial charge on any atom is 0.227 e. The molecule has 160 valence electrons. The zero-order valence-corrected chi connectivity index (χ0v) is 17.9. The van der Waals surface area contributed by atoms with Crippen molar-refractivity contribution < 1.29 is 13.8 Å². The highest BCUT2D eigenvalue weighted by Gasteiger charge is 2.18. The van der Waals surface area contributed by atoms with Crippen LogP contribution in [0.5, 0.6) is 0 Å². The van der Waals surface area contributed by atoms with Gasteiger partial charge in [-0.2, -0.15) is 4.98 Å². The number of nitrogens with zero attached hydrogens (tertiary/aromatic N) is 5. The van der Waals surface area contributed by atoms with E-state index in [9.17, 15) is 4.79 Å². The van der Waals surface area contributed by atoms with Crippen LogP contribution in [0.2, 0.25) is 0 Å². The molecule has 0 atom stereocenters. The molecule has 0 aliphatic carbocycles. The van der Waals surface area contributed by atoms with Crippen molar-refractivity contribution in [3.63, 3.8) is 0 Å². The molecule has 0 radical (unpaired) electrons. The minimum atomic E-state index is -0.0350. The Balaban J connectivity index is 1.10. The van der Waals surface area contributed by atoms with Crippen LogP contribution in [0.1, 0.15) is 24.5 Å². The van der Waals surface area contributed by atoms with Crippen molar-refractivity contribution in [3.8, 4) is 10.7 Å². The van der Waals surface area contributed by atoms with E-state index in [1.807, 2.05) is 17.5 Å². The van der Waals surface area contributed by atoms with Crippen LogP contribution in [-0.2, 0) is 11.2 Å². The van der Waals surface area contributed by atoms with Gasteiger partial charge in [0.2, 0.25) is 17.6 Å². The second kappa shape index (κ2) is 9.96. The van der Waals surface area contributed by atoms with Crippen molar-refractivity contribution in [2.24, 2.45) is 0 Å². The molecule has 1 fully saturated rings. The van der Waals surface area contributed by atoms with E-state index in [-0.39, 0.29) is 5.91 Å². The molecule has 0 aromatic carbocycles. The molecule has 0 saturated carbocycles. The highest BCUT2D eigenvalue weighted by molar-refractivity contribution is 7.13. The summed E-state index contributed by atoms with van der Waals surface area (Å²) in [5.74, 6) is 2.50. The van der Waals surface area contributed by atoms with Crippen LogP contribution in [0.4, 0.5) is 5.82 Å². The number of amides is 1. The number of carbonyl (C=O) groups excluding carboxylic acids is 1. The Morgan fingerprint density at radius 2 is 1.97 bits per heavy atom. The van der Waals surface area contributed by atoms with Gasteiger partial charge in [-0.05, 0) is 31.3 Å². The summed E-state index contributed by atoms with van der Waals surface area (Å²) in [6, 6.07) is 5.70. The van der Waals surface area contributed by atoms with Gasteiger partial charge in [0.1, 0.15) is 5.76 Å². The zero-order valence-electron chi connectivity index (χ0n) is 17.0. The van der Waals surface area contributed by atoms with Gasteiger partial charge >= 0.3 is 0 Å². The van der Waals surface area contributed by atoms with Crippen LogP contribution in [0.15, 0.2) is 32.6 Å². The normalized spacial score (nSPS) is 15.5. The van der Waals surface area contributed by atoms with Gasteiger partial charge in [0.25, 0.3) is 0 Å². The Morgan fingerprint density at radius 3 is 2.67 bits per heavy atom. The lowest BCUT2D eigenvalue weighted by atomic mass is 10.2. The first kappa shape index (κ1) is 20.7. The average molecular weight is 431 g/mol. The molecular weight excluding hydrogens is 404 g/mol. The number of piperazine rings is 1. The van der Waals surface area contributed by atoms with E-state index in [2.05, 4.69) is 30.4 Å². The topological polar surface area (TPSA) is 101 Å². The largest absolute Gasteiger partial charge is 0.360 e. The molecule has 10 heteroatoms. The number of aryl methyl sites for hydroxylation is 2. The first-order valence-corrected chi connectivity index (χ1v) is 11.1. The highest BCUT2D eigenvalue weighted by Crippen LogP contribution is 2.21. The molecule has 0 spiro atoms. The van der Waals surface area contributed by atoms with Gasteiger partial charge in [-0.3, -0.25) is 4.79 Å². The van der Waals surface area contributed by atoms with Gasteiger partial charge in [-0.1, -0.05) is 16.4 Å². The monoisotopic (exact) mass is 430 g/mol. The predicted molar refractivity (Wildman–Crippen MR) is 113 cm³/mol. The van der Waals surface area contributed by atoms with Gasteiger partial charge < -0.3 is 24.2 Å². The van der Waals surface area contributed by atoms with Crippen molar-refractivity contribution in [1.82, 2.24) is 25.1 Å². The number of rotatable bonds is 9. The predicted octanol–water partition coefficient (Wildman–Crippen LogP) is 2.67. The third kappa shape index (κ3) is 5.74. The van der Waals surface area contributed by atoms with Crippen molar-refractivity contribution in [3.05, 3.63) is 35.2 Å². The average Bonchev–Trinajstić information content (AvgIpc) is 3.49. The number of carbonyl (C=O) groups is 1. The summed E-state index contributed by atoms with van der Waals surface area (Å²) in [6.45, 7) is 7.52. The number of thiophene rings is 1. The molecule has 1 saturated heterocycles. The molecular formula is C20H26N6O3S. The Hall–Kier alpha value is -2.56. The Bertz CT molecular complexity index is 930. The summed E-state index contributed by atoms with van der Waals surface area (Å²) in [5.41, 5.74) is 0. The first-order valence-electron chi connectivity index (χ1n) is 10.2. The second-order valence-corrected chi connectivity index (χ2v) is 8.34. The quantitative estimate of drug-likeness (QED) is 0.553. The third-order valence-electron chi connectivity index (χ3n) is 5.09. The SMILES string of the molecule is Cc1cc(NC(=O)CCN2CCN(CCCc3nc(-c4cccs4)no3)CC2)no1. The number of hydrogen-bond donors (Lipinski definition) is 1.